The molecule has 1 fully saturated rings. The van der Waals surface area contributed by atoms with Gasteiger partial charge in [-0.3, -0.25) is 4.79 Å². The van der Waals surface area contributed by atoms with Gasteiger partial charge in [0.25, 0.3) is 0 Å². The van der Waals surface area contributed by atoms with Crippen molar-refractivity contribution >= 4 is 40.6 Å². The van der Waals surface area contributed by atoms with Crippen LogP contribution in [0.25, 0.3) is 0 Å². The maximum Gasteiger partial charge on any atom is 0.321 e. The highest BCUT2D eigenvalue weighted by atomic mass is 35.5. The van der Waals surface area contributed by atoms with Gasteiger partial charge in [-0.2, -0.15) is 0 Å². The molecule has 0 spiro atoms. The fraction of sp³-hybridized carbons (Fsp3) is 0.300. The van der Waals surface area contributed by atoms with E-state index in [9.17, 15) is 9.59 Å². The Morgan fingerprint density at radius 1 is 1.00 bits per heavy atom. The lowest BCUT2D eigenvalue weighted by molar-refractivity contribution is -0.114. The van der Waals surface area contributed by atoms with Crippen LogP contribution < -0.4 is 15.5 Å². The maximum absolute atomic E-state index is 12.6. The average molecular weight is 387 g/mol. The molecule has 3 rings (SSSR count). The molecule has 0 aliphatic carbocycles. The van der Waals surface area contributed by atoms with E-state index in [0.717, 1.165) is 24.3 Å². The lowest BCUT2D eigenvalue weighted by Crippen LogP contribution is -2.50. The van der Waals surface area contributed by atoms with Crippen molar-refractivity contribution in [3.05, 3.63) is 53.1 Å². The Kier molecular flexibility index (Phi) is 5.86. The number of amides is 3. The summed E-state index contributed by atoms with van der Waals surface area (Å²) in [4.78, 5) is 27.9. The summed E-state index contributed by atoms with van der Waals surface area (Å²) in [5.74, 6) is -0.140. The number of anilines is 3. The highest BCUT2D eigenvalue weighted by molar-refractivity contribution is 6.30. The molecule has 3 amide bonds. The molecule has 2 aromatic carbocycles. The van der Waals surface area contributed by atoms with Crippen molar-refractivity contribution in [1.29, 1.82) is 0 Å². The third kappa shape index (κ3) is 4.92. The van der Waals surface area contributed by atoms with Crippen LogP contribution >= 0.6 is 11.6 Å². The molecule has 0 atom stereocenters. The number of benzene rings is 2. The largest absolute Gasteiger partial charge is 0.368 e. The smallest absolute Gasteiger partial charge is 0.321 e. The SMILES string of the molecule is CC(=O)Nc1cc(NC(=O)N2CCN(c3cccc(Cl)c3)CC2)ccc1C. The number of urea groups is 1. The quantitative estimate of drug-likeness (QED) is 0.839. The molecule has 142 valence electrons. The van der Waals surface area contributed by atoms with E-state index in [1.165, 1.54) is 6.92 Å². The number of halogens is 1. The molecule has 0 bridgehead atoms. The minimum absolute atomic E-state index is 0.140. The van der Waals surface area contributed by atoms with Crippen LogP contribution in [-0.4, -0.2) is 43.0 Å². The highest BCUT2D eigenvalue weighted by Gasteiger charge is 2.21. The summed E-state index contributed by atoms with van der Waals surface area (Å²) in [6.45, 7) is 6.12. The summed E-state index contributed by atoms with van der Waals surface area (Å²) in [5, 5.41) is 6.40. The lowest BCUT2D eigenvalue weighted by Gasteiger charge is -2.36. The lowest BCUT2D eigenvalue weighted by atomic mass is 10.2. The Morgan fingerprint density at radius 3 is 2.41 bits per heavy atom. The number of hydrogen-bond donors (Lipinski definition) is 2. The van der Waals surface area contributed by atoms with Gasteiger partial charge in [-0.15, -0.1) is 0 Å². The van der Waals surface area contributed by atoms with Crippen molar-refractivity contribution in [3.8, 4) is 0 Å². The molecule has 27 heavy (non-hydrogen) atoms. The topological polar surface area (TPSA) is 64.7 Å². The van der Waals surface area contributed by atoms with Gasteiger partial charge in [-0.1, -0.05) is 23.7 Å². The van der Waals surface area contributed by atoms with Crippen LogP contribution in [0.3, 0.4) is 0 Å². The summed E-state index contributed by atoms with van der Waals surface area (Å²) in [7, 11) is 0. The molecule has 0 saturated carbocycles. The predicted molar refractivity (Wildman–Crippen MR) is 110 cm³/mol. The third-order valence-electron chi connectivity index (χ3n) is 4.54. The number of nitrogens with zero attached hydrogens (tertiary/aromatic N) is 2. The van der Waals surface area contributed by atoms with E-state index in [-0.39, 0.29) is 11.9 Å². The van der Waals surface area contributed by atoms with E-state index in [4.69, 9.17) is 11.6 Å². The van der Waals surface area contributed by atoms with Crippen molar-refractivity contribution in [3.63, 3.8) is 0 Å². The minimum atomic E-state index is -0.140. The number of hydrogen-bond acceptors (Lipinski definition) is 3. The number of carbonyl (C=O) groups excluding carboxylic acids is 2. The van der Waals surface area contributed by atoms with Gasteiger partial charge in [0.1, 0.15) is 0 Å². The van der Waals surface area contributed by atoms with Gasteiger partial charge in [0.15, 0.2) is 0 Å². The maximum atomic E-state index is 12.6. The zero-order valence-electron chi connectivity index (χ0n) is 15.5. The summed E-state index contributed by atoms with van der Waals surface area (Å²) in [5.41, 5.74) is 3.37. The summed E-state index contributed by atoms with van der Waals surface area (Å²) in [6.07, 6.45) is 0. The van der Waals surface area contributed by atoms with Crippen molar-refractivity contribution in [2.75, 3.05) is 41.7 Å². The molecule has 1 heterocycles. The Morgan fingerprint density at radius 2 is 1.74 bits per heavy atom. The zero-order chi connectivity index (χ0) is 19.4. The molecule has 0 radical (unpaired) electrons. The monoisotopic (exact) mass is 386 g/mol. The van der Waals surface area contributed by atoms with Gasteiger partial charge in [-0.05, 0) is 42.8 Å². The van der Waals surface area contributed by atoms with Gasteiger partial charge < -0.3 is 20.4 Å². The van der Waals surface area contributed by atoms with Crippen molar-refractivity contribution < 1.29 is 9.59 Å². The van der Waals surface area contributed by atoms with Crippen LogP contribution in [0.15, 0.2) is 42.5 Å². The standard InChI is InChI=1S/C20H23ClN4O2/c1-14-6-7-17(13-19(14)22-15(2)26)23-20(27)25-10-8-24(9-11-25)18-5-3-4-16(21)12-18/h3-7,12-13H,8-11H2,1-2H3,(H,22,26)(H,23,27). The Hall–Kier alpha value is -2.73. The molecule has 1 aliphatic heterocycles. The first-order chi connectivity index (χ1) is 12.9. The third-order valence-corrected chi connectivity index (χ3v) is 4.77. The van der Waals surface area contributed by atoms with E-state index in [2.05, 4.69) is 15.5 Å². The van der Waals surface area contributed by atoms with Crippen LogP contribution in [-0.2, 0) is 4.79 Å². The second kappa shape index (κ2) is 8.31. The van der Waals surface area contributed by atoms with Gasteiger partial charge in [0.2, 0.25) is 5.91 Å². The molecule has 0 aromatic heterocycles. The summed E-state index contributed by atoms with van der Waals surface area (Å²) >= 11 is 6.06. The second-order valence-electron chi connectivity index (χ2n) is 6.60. The first-order valence-corrected chi connectivity index (χ1v) is 9.25. The van der Waals surface area contributed by atoms with E-state index >= 15 is 0 Å². The number of piperazine rings is 1. The van der Waals surface area contributed by atoms with E-state index in [1.807, 2.05) is 43.3 Å². The summed E-state index contributed by atoms with van der Waals surface area (Å²) < 4.78 is 0. The second-order valence-corrected chi connectivity index (χ2v) is 7.03. The van der Waals surface area contributed by atoms with Gasteiger partial charge in [-0.25, -0.2) is 4.79 Å². The van der Waals surface area contributed by atoms with Gasteiger partial charge in [0, 0.05) is 55.2 Å². The molecule has 7 heteroatoms. The Labute approximate surface area is 164 Å². The van der Waals surface area contributed by atoms with Crippen molar-refractivity contribution in [1.82, 2.24) is 4.90 Å². The number of nitrogens with one attached hydrogen (secondary N) is 2. The fourth-order valence-corrected chi connectivity index (χ4v) is 3.25. The van der Waals surface area contributed by atoms with Gasteiger partial charge in [0.05, 0.1) is 0 Å². The van der Waals surface area contributed by atoms with E-state index in [0.29, 0.717) is 29.5 Å². The number of rotatable bonds is 3. The fourth-order valence-electron chi connectivity index (χ4n) is 3.07. The van der Waals surface area contributed by atoms with Crippen LogP contribution in [0.4, 0.5) is 21.9 Å². The zero-order valence-corrected chi connectivity index (χ0v) is 16.2. The number of aryl methyl sites for hydroxylation is 1. The van der Waals surface area contributed by atoms with Crippen LogP contribution in [0.1, 0.15) is 12.5 Å². The highest BCUT2D eigenvalue weighted by Crippen LogP contribution is 2.22. The van der Waals surface area contributed by atoms with E-state index in [1.54, 1.807) is 11.0 Å². The number of carbonyl (C=O) groups is 2. The normalized spacial score (nSPS) is 14.0. The molecule has 1 aliphatic rings. The molecule has 6 nitrogen and oxygen atoms in total. The molecule has 2 aromatic rings. The molecular weight excluding hydrogens is 364 g/mol. The van der Waals surface area contributed by atoms with E-state index < -0.39 is 0 Å². The first-order valence-electron chi connectivity index (χ1n) is 8.87. The van der Waals surface area contributed by atoms with Crippen LogP contribution in [0, 0.1) is 6.92 Å². The van der Waals surface area contributed by atoms with Gasteiger partial charge >= 0.3 is 6.03 Å². The van der Waals surface area contributed by atoms with Crippen molar-refractivity contribution in [2.45, 2.75) is 13.8 Å². The molecule has 0 unspecified atom stereocenters. The minimum Gasteiger partial charge on any atom is -0.368 e. The Balaban J connectivity index is 1.59. The van der Waals surface area contributed by atoms with Crippen molar-refractivity contribution in [2.24, 2.45) is 0 Å². The summed E-state index contributed by atoms with van der Waals surface area (Å²) in [6, 6.07) is 13.1. The Bertz CT molecular complexity index is 848. The average Bonchev–Trinajstić information content (AvgIpc) is 2.64. The predicted octanol–water partition coefficient (Wildman–Crippen LogP) is 3.96. The van der Waals surface area contributed by atoms with Crippen LogP contribution in [0.2, 0.25) is 5.02 Å². The molecule has 2 N–H and O–H groups in total. The molecular formula is C20H23ClN4O2. The first kappa shape index (κ1) is 19.0. The molecule has 1 saturated heterocycles. The van der Waals surface area contributed by atoms with Crippen LogP contribution in [0.5, 0.6) is 0 Å².